The van der Waals surface area contributed by atoms with Crippen LogP contribution in [0.1, 0.15) is 35.1 Å². The van der Waals surface area contributed by atoms with Crippen LogP contribution in [-0.2, 0) is 40.2 Å². The zero-order valence-corrected chi connectivity index (χ0v) is 27.4. The second-order valence-corrected chi connectivity index (χ2v) is 11.3. The van der Waals surface area contributed by atoms with Gasteiger partial charge in [-0.1, -0.05) is 84.9 Å². The lowest BCUT2D eigenvalue weighted by molar-refractivity contribution is -0.192. The molecule has 0 bridgehead atoms. The summed E-state index contributed by atoms with van der Waals surface area (Å²) in [4.78, 5) is 37.1. The monoisotopic (exact) mass is 725 g/mol. The van der Waals surface area contributed by atoms with Gasteiger partial charge in [-0.05, 0) is 57.8 Å². The lowest BCUT2D eigenvalue weighted by Gasteiger charge is -2.26. The average Bonchev–Trinajstić information content (AvgIpc) is 3.12. The number of ether oxygens (including phenoxy) is 1. The van der Waals surface area contributed by atoms with E-state index in [9.17, 15) is 35.9 Å². The average molecular weight is 726 g/mol. The Morgan fingerprint density at radius 2 is 1.37 bits per heavy atom. The van der Waals surface area contributed by atoms with Gasteiger partial charge in [0, 0.05) is 25.9 Å². The van der Waals surface area contributed by atoms with Crippen LogP contribution in [-0.4, -0.2) is 29.1 Å². The normalized spacial score (nSPS) is 11.3. The molecule has 0 saturated carbocycles. The third-order valence-electron chi connectivity index (χ3n) is 7.63. The van der Waals surface area contributed by atoms with E-state index in [1.54, 1.807) is 35.2 Å². The highest BCUT2D eigenvalue weighted by Gasteiger charge is 2.38. The number of nitrogens with one attached hydrogen (secondary N) is 1. The number of halogens is 6. The first-order valence-corrected chi connectivity index (χ1v) is 15.7. The first-order chi connectivity index (χ1) is 24.7. The summed E-state index contributed by atoms with van der Waals surface area (Å²) in [5.74, 6) is -2.64. The van der Waals surface area contributed by atoms with Crippen LogP contribution in [0.3, 0.4) is 0 Å². The molecule has 0 aliphatic carbocycles. The van der Waals surface area contributed by atoms with Crippen LogP contribution in [0.2, 0.25) is 0 Å². The fourth-order valence-corrected chi connectivity index (χ4v) is 5.13. The van der Waals surface area contributed by atoms with Crippen LogP contribution in [0.25, 0.3) is 10.8 Å². The van der Waals surface area contributed by atoms with E-state index >= 15 is 0 Å². The molecule has 0 saturated heterocycles. The van der Waals surface area contributed by atoms with Crippen LogP contribution >= 0.6 is 0 Å². The van der Waals surface area contributed by atoms with Gasteiger partial charge in [0.2, 0.25) is 11.8 Å². The highest BCUT2D eigenvalue weighted by atomic mass is 19.4. The maximum absolute atomic E-state index is 13.9. The van der Waals surface area contributed by atoms with Gasteiger partial charge in [-0.25, -0.2) is 4.79 Å². The van der Waals surface area contributed by atoms with Crippen molar-refractivity contribution < 1.29 is 50.6 Å². The van der Waals surface area contributed by atoms with Crippen molar-refractivity contribution in [1.29, 1.82) is 0 Å². The van der Waals surface area contributed by atoms with Gasteiger partial charge in [-0.3, -0.25) is 9.59 Å². The number of hydrogen-bond acceptors (Lipinski definition) is 5. The summed E-state index contributed by atoms with van der Waals surface area (Å²) in [6, 6.07) is 33.3. The maximum atomic E-state index is 13.9. The van der Waals surface area contributed by atoms with Crippen molar-refractivity contribution in [1.82, 2.24) is 5.32 Å². The number of hydrogen-bond donors (Lipinski definition) is 3. The molecule has 0 radical (unpaired) electrons. The molecule has 0 aromatic heterocycles. The summed E-state index contributed by atoms with van der Waals surface area (Å²) in [6.07, 6.45) is -10.0. The van der Waals surface area contributed by atoms with E-state index in [0.29, 0.717) is 23.7 Å². The number of nitrogens with two attached hydrogens (primary N) is 1. The third-order valence-corrected chi connectivity index (χ3v) is 7.63. The zero-order valence-electron chi connectivity index (χ0n) is 27.4. The van der Waals surface area contributed by atoms with Gasteiger partial charge in [-0.2, -0.15) is 26.3 Å². The number of aliphatic carboxylic acids is 1. The number of carboxylic acids is 1. The lowest BCUT2D eigenvalue weighted by Crippen LogP contribution is -2.32. The second-order valence-electron chi connectivity index (χ2n) is 11.3. The first-order valence-electron chi connectivity index (χ1n) is 15.7. The predicted molar refractivity (Wildman–Crippen MR) is 182 cm³/mol. The molecule has 5 rings (SSSR count). The topological polar surface area (TPSA) is 122 Å². The van der Waals surface area contributed by atoms with Crippen molar-refractivity contribution in [2.24, 2.45) is 5.73 Å². The number of carboxylic acid groups (broad SMARTS) is 1. The Kier molecular flexibility index (Phi) is 13.0. The summed E-state index contributed by atoms with van der Waals surface area (Å²) < 4.78 is 78.1. The van der Waals surface area contributed by atoms with Crippen molar-refractivity contribution in [3.8, 4) is 11.5 Å². The number of fused-ring (bicyclic) bond motifs is 1. The number of anilines is 1. The Bertz CT molecular complexity index is 2010. The summed E-state index contributed by atoms with van der Waals surface area (Å²) in [5, 5.41) is 11.7. The van der Waals surface area contributed by atoms with Gasteiger partial charge < -0.3 is 25.8 Å². The molecule has 5 aromatic carbocycles. The van der Waals surface area contributed by atoms with Gasteiger partial charge in [-0.15, -0.1) is 0 Å². The number of carbonyl (C=O) groups excluding carboxylic acids is 2. The fraction of sp³-hybridized carbons (Fsp3) is 0.184. The highest BCUT2D eigenvalue weighted by Crippen LogP contribution is 2.35. The molecule has 272 valence electrons. The van der Waals surface area contributed by atoms with Gasteiger partial charge in [0.15, 0.2) is 5.75 Å². The summed E-state index contributed by atoms with van der Waals surface area (Å²) in [5.41, 5.74) is 7.24. The minimum atomic E-state index is -5.08. The number of benzene rings is 5. The fourth-order valence-electron chi connectivity index (χ4n) is 5.13. The van der Waals surface area contributed by atoms with Crippen molar-refractivity contribution >= 4 is 34.2 Å². The molecule has 0 fully saturated rings. The molecule has 8 nitrogen and oxygen atoms in total. The van der Waals surface area contributed by atoms with Crippen molar-refractivity contribution in [3.63, 3.8) is 0 Å². The van der Waals surface area contributed by atoms with E-state index in [0.717, 1.165) is 28.0 Å². The number of nitrogens with zero attached hydrogens (tertiary/aromatic N) is 1. The molecule has 0 unspecified atom stereocenters. The number of alkyl halides is 6. The van der Waals surface area contributed by atoms with Gasteiger partial charge >= 0.3 is 18.3 Å². The summed E-state index contributed by atoms with van der Waals surface area (Å²) >= 11 is 0. The molecule has 2 amide bonds. The quantitative estimate of drug-likeness (QED) is 0.118. The van der Waals surface area contributed by atoms with E-state index in [4.69, 9.17) is 20.4 Å². The molecular weight excluding hydrogens is 692 g/mol. The number of para-hydroxylation sites is 2. The molecule has 14 heteroatoms. The van der Waals surface area contributed by atoms with Crippen molar-refractivity contribution in [2.45, 2.75) is 44.8 Å². The molecular formula is C38H33F6N3O5. The van der Waals surface area contributed by atoms with Crippen LogP contribution in [0, 0.1) is 0 Å². The van der Waals surface area contributed by atoms with Crippen molar-refractivity contribution in [2.75, 3.05) is 4.90 Å². The zero-order chi connectivity index (χ0) is 37.9. The number of carbonyl (C=O) groups is 3. The van der Waals surface area contributed by atoms with Gasteiger partial charge in [0.25, 0.3) is 0 Å². The molecule has 0 spiro atoms. The minimum absolute atomic E-state index is 0.0490. The number of amides is 2. The highest BCUT2D eigenvalue weighted by molar-refractivity contribution is 5.97. The summed E-state index contributed by atoms with van der Waals surface area (Å²) in [6.45, 7) is 0.235. The Morgan fingerprint density at radius 3 is 2.08 bits per heavy atom. The maximum Gasteiger partial charge on any atom is 0.490 e. The van der Waals surface area contributed by atoms with Crippen LogP contribution < -0.4 is 20.7 Å². The second kappa shape index (κ2) is 17.4. The molecule has 0 heterocycles. The predicted octanol–water partition coefficient (Wildman–Crippen LogP) is 8.37. The molecule has 0 aliphatic heterocycles. The Balaban J connectivity index is 0.000000785. The van der Waals surface area contributed by atoms with E-state index in [1.807, 2.05) is 60.7 Å². The van der Waals surface area contributed by atoms with E-state index < -0.39 is 29.8 Å². The van der Waals surface area contributed by atoms with Crippen LogP contribution in [0.5, 0.6) is 11.5 Å². The molecule has 5 aromatic rings. The smallest absolute Gasteiger partial charge is 0.475 e. The van der Waals surface area contributed by atoms with Crippen LogP contribution in [0.15, 0.2) is 115 Å². The van der Waals surface area contributed by atoms with E-state index in [1.165, 1.54) is 18.2 Å². The summed E-state index contributed by atoms with van der Waals surface area (Å²) in [7, 11) is 0. The third kappa shape index (κ3) is 10.8. The minimum Gasteiger partial charge on any atom is -0.475 e. The Labute approximate surface area is 294 Å². The van der Waals surface area contributed by atoms with E-state index in [-0.39, 0.29) is 37.4 Å². The SMILES string of the molecule is NCc1cccc(Oc2ccccc2N(Cc2cccc3ccccc23)C(=O)CCC(=O)NCc2ccccc2C(F)(F)F)c1.O=C(O)C(F)(F)F. The molecule has 4 N–H and O–H groups in total. The molecule has 0 aliphatic rings. The lowest BCUT2D eigenvalue weighted by atomic mass is 10.0. The largest absolute Gasteiger partial charge is 0.490 e. The molecule has 52 heavy (non-hydrogen) atoms. The van der Waals surface area contributed by atoms with Gasteiger partial charge in [0.1, 0.15) is 5.75 Å². The first kappa shape index (κ1) is 38.9. The molecule has 0 atom stereocenters. The Morgan fingerprint density at radius 1 is 0.750 bits per heavy atom. The van der Waals surface area contributed by atoms with Crippen LogP contribution in [0.4, 0.5) is 32.0 Å². The Hall–Kier alpha value is -5.89. The van der Waals surface area contributed by atoms with E-state index in [2.05, 4.69) is 5.32 Å². The standard InChI is InChI=1S/C36H32F3N3O3.C2HF3O2/c37-36(38,39)31-16-4-2-11-27(31)23-41-34(43)19-20-35(44)42(24-28-13-8-12-26-10-1-3-15-30(26)28)32-17-5-6-18-33(32)45-29-14-7-9-25(21-29)22-40;3-2(4,5)1(6)7/h1-18,21H,19-20,22-24,40H2,(H,41,43);(H,6,7). The number of rotatable bonds is 11. The van der Waals surface area contributed by atoms with Gasteiger partial charge in [0.05, 0.1) is 17.8 Å². The van der Waals surface area contributed by atoms with Crippen molar-refractivity contribution in [3.05, 3.63) is 138 Å².